The molecule has 1 spiro atoms. The minimum Gasteiger partial charge on any atom is -0.496 e. The largest absolute Gasteiger partial charge is 0.496 e. The van der Waals surface area contributed by atoms with Crippen molar-refractivity contribution in [3.8, 4) is 17.2 Å². The number of carbonyl (C=O) groups excluding carboxylic acids is 2. The van der Waals surface area contributed by atoms with Gasteiger partial charge in [-0.3, -0.25) is 9.59 Å². The maximum Gasteiger partial charge on any atom is 0.236 e. The van der Waals surface area contributed by atoms with Crippen molar-refractivity contribution in [2.24, 2.45) is 23.7 Å². The van der Waals surface area contributed by atoms with Gasteiger partial charge in [0.15, 0.2) is 5.75 Å². The zero-order valence-electron chi connectivity index (χ0n) is 17.9. The van der Waals surface area contributed by atoms with Gasteiger partial charge in [-0.15, -0.1) is 0 Å². The Labute approximate surface area is 186 Å². The van der Waals surface area contributed by atoms with Crippen LogP contribution in [0.2, 0.25) is 5.02 Å². The Balaban J connectivity index is 1.41. The van der Waals surface area contributed by atoms with Gasteiger partial charge in [0.25, 0.3) is 0 Å². The van der Waals surface area contributed by atoms with E-state index < -0.39 is 11.4 Å². The van der Waals surface area contributed by atoms with Crippen LogP contribution in [0.1, 0.15) is 36.5 Å². The molecule has 1 fully saturated rings. The van der Waals surface area contributed by atoms with Gasteiger partial charge in [-0.2, -0.15) is 0 Å². The van der Waals surface area contributed by atoms with Crippen LogP contribution in [0.4, 0.5) is 0 Å². The highest BCUT2D eigenvalue weighted by atomic mass is 35.5. The third-order valence-electron chi connectivity index (χ3n) is 7.32. The SMILES string of the molecule is COc1cc(OC)c2c(c1Cl)O[C@@]1(C(=O)C=C(NCC3CC4C=CC3C4)C[C@H]1C)C2=O. The summed E-state index contributed by atoms with van der Waals surface area (Å²) < 4.78 is 16.7. The minimum atomic E-state index is -1.62. The molecular formula is C24H26ClNO5. The highest BCUT2D eigenvalue weighted by Gasteiger charge is 2.60. The molecule has 5 atom stereocenters. The van der Waals surface area contributed by atoms with E-state index in [-0.39, 0.29) is 33.8 Å². The van der Waals surface area contributed by atoms with Crippen LogP contribution in [0.5, 0.6) is 17.2 Å². The smallest absolute Gasteiger partial charge is 0.236 e. The summed E-state index contributed by atoms with van der Waals surface area (Å²) in [4.78, 5) is 26.8. The summed E-state index contributed by atoms with van der Waals surface area (Å²) in [5.41, 5.74) is -0.559. The molecule has 4 aliphatic rings. The predicted molar refractivity (Wildman–Crippen MR) is 116 cm³/mol. The van der Waals surface area contributed by atoms with E-state index >= 15 is 0 Å². The fourth-order valence-electron chi connectivity index (χ4n) is 5.64. The summed E-state index contributed by atoms with van der Waals surface area (Å²) in [5, 5.41) is 3.64. The first-order valence-electron chi connectivity index (χ1n) is 10.7. The number of rotatable bonds is 5. The predicted octanol–water partition coefficient (Wildman–Crippen LogP) is 3.97. The van der Waals surface area contributed by atoms with Gasteiger partial charge in [0, 0.05) is 30.3 Å². The molecule has 1 aliphatic heterocycles. The molecule has 3 aliphatic carbocycles. The quantitative estimate of drug-likeness (QED) is 0.548. The molecule has 164 valence electrons. The van der Waals surface area contributed by atoms with Crippen LogP contribution in [-0.4, -0.2) is 37.9 Å². The molecular weight excluding hydrogens is 418 g/mol. The topological polar surface area (TPSA) is 73.9 Å². The second kappa shape index (κ2) is 7.30. The minimum absolute atomic E-state index is 0.154. The second-order valence-corrected chi connectivity index (χ2v) is 9.40. The molecule has 0 aromatic heterocycles. The number of allylic oxidation sites excluding steroid dienone is 3. The molecule has 7 heteroatoms. The zero-order valence-corrected chi connectivity index (χ0v) is 18.6. The molecule has 1 aromatic rings. The Hall–Kier alpha value is -2.47. The average Bonchev–Trinajstić information content (AvgIpc) is 3.46. The first-order chi connectivity index (χ1) is 14.9. The van der Waals surface area contributed by atoms with Gasteiger partial charge in [0.2, 0.25) is 17.2 Å². The standard InChI is InChI=1S/C24H26ClNO5/c1-12-6-16(26-11-15-8-13-4-5-14(15)7-13)9-19(27)24(12)23(28)20-17(29-2)10-18(30-3)21(25)22(20)31-24/h4-5,9-10,12-15,26H,6-8,11H2,1-3H3/t12-,13?,14?,15?,24+/m1/s1. The lowest BCUT2D eigenvalue weighted by atomic mass is 9.74. The summed E-state index contributed by atoms with van der Waals surface area (Å²) in [6, 6.07) is 1.55. The monoisotopic (exact) mass is 443 g/mol. The molecule has 0 saturated heterocycles. The van der Waals surface area contributed by atoms with Crippen molar-refractivity contribution < 1.29 is 23.8 Å². The fraction of sp³-hybridized carbons (Fsp3) is 0.500. The number of hydrogen-bond acceptors (Lipinski definition) is 6. The second-order valence-electron chi connectivity index (χ2n) is 9.03. The number of fused-ring (bicyclic) bond motifs is 3. The number of halogens is 1. The number of Topliss-reactive ketones (excluding diaryl/α,β-unsaturated/α-hetero) is 1. The van der Waals surface area contributed by atoms with Crippen LogP contribution < -0.4 is 19.5 Å². The van der Waals surface area contributed by atoms with Gasteiger partial charge in [0.05, 0.1) is 14.2 Å². The number of benzene rings is 1. The third kappa shape index (κ3) is 2.91. The van der Waals surface area contributed by atoms with Gasteiger partial charge in [-0.05, 0) is 37.0 Å². The molecule has 2 bridgehead atoms. The molecule has 0 amide bonds. The molecule has 1 aromatic carbocycles. The maximum absolute atomic E-state index is 13.5. The molecule has 5 rings (SSSR count). The first-order valence-corrected chi connectivity index (χ1v) is 11.1. The van der Waals surface area contributed by atoms with Crippen LogP contribution >= 0.6 is 11.6 Å². The van der Waals surface area contributed by atoms with E-state index in [1.807, 2.05) is 6.92 Å². The highest BCUT2D eigenvalue weighted by Crippen LogP contribution is 2.53. The van der Waals surface area contributed by atoms with Crippen molar-refractivity contribution in [2.75, 3.05) is 20.8 Å². The zero-order chi connectivity index (χ0) is 21.9. The summed E-state index contributed by atoms with van der Waals surface area (Å²) in [5.74, 6) is 1.59. The lowest BCUT2D eigenvalue weighted by molar-refractivity contribution is -0.129. The fourth-order valence-corrected chi connectivity index (χ4v) is 5.91. The van der Waals surface area contributed by atoms with Crippen LogP contribution in [0, 0.1) is 23.7 Å². The van der Waals surface area contributed by atoms with E-state index in [0.717, 1.165) is 12.2 Å². The molecule has 0 radical (unpaired) electrons. The average molecular weight is 444 g/mol. The van der Waals surface area contributed by atoms with Crippen LogP contribution in [-0.2, 0) is 4.79 Å². The summed E-state index contributed by atoms with van der Waals surface area (Å²) in [6.07, 6.45) is 9.17. The number of carbonyl (C=O) groups is 2. The van der Waals surface area contributed by atoms with Crippen LogP contribution in [0.15, 0.2) is 30.0 Å². The number of ether oxygens (including phenoxy) is 3. The van der Waals surface area contributed by atoms with Gasteiger partial charge in [0.1, 0.15) is 22.1 Å². The van der Waals surface area contributed by atoms with E-state index in [1.165, 1.54) is 33.1 Å². The maximum atomic E-state index is 13.5. The van der Waals surface area contributed by atoms with Gasteiger partial charge < -0.3 is 19.5 Å². The van der Waals surface area contributed by atoms with Crippen molar-refractivity contribution in [1.29, 1.82) is 0 Å². The van der Waals surface area contributed by atoms with E-state index in [0.29, 0.717) is 29.9 Å². The lowest BCUT2D eigenvalue weighted by Crippen LogP contribution is -2.55. The normalized spacial score (nSPS) is 32.8. The van der Waals surface area contributed by atoms with Gasteiger partial charge in [-0.1, -0.05) is 30.7 Å². The van der Waals surface area contributed by atoms with Crippen molar-refractivity contribution in [1.82, 2.24) is 5.32 Å². The number of hydrogen-bond donors (Lipinski definition) is 1. The number of ketones is 2. The molecule has 3 unspecified atom stereocenters. The number of nitrogens with one attached hydrogen (secondary N) is 1. The van der Waals surface area contributed by atoms with Crippen molar-refractivity contribution in [2.45, 2.75) is 31.8 Å². The van der Waals surface area contributed by atoms with Crippen LogP contribution in [0.25, 0.3) is 0 Å². The molecule has 1 saturated carbocycles. The van der Waals surface area contributed by atoms with E-state index in [2.05, 4.69) is 17.5 Å². The molecule has 1 N–H and O–H groups in total. The number of methoxy groups -OCH3 is 2. The van der Waals surface area contributed by atoms with Crippen LogP contribution in [0.3, 0.4) is 0 Å². The molecule has 1 heterocycles. The Bertz CT molecular complexity index is 1030. The lowest BCUT2D eigenvalue weighted by Gasteiger charge is -2.35. The highest BCUT2D eigenvalue weighted by molar-refractivity contribution is 6.36. The Kier molecular flexibility index (Phi) is 4.81. The molecule has 6 nitrogen and oxygen atoms in total. The van der Waals surface area contributed by atoms with E-state index in [1.54, 1.807) is 6.07 Å². The Morgan fingerprint density at radius 1 is 1.19 bits per heavy atom. The van der Waals surface area contributed by atoms with Crippen molar-refractivity contribution in [3.63, 3.8) is 0 Å². The summed E-state index contributed by atoms with van der Waals surface area (Å²) in [6.45, 7) is 2.71. The first kappa shape index (κ1) is 20.4. The Morgan fingerprint density at radius 3 is 2.58 bits per heavy atom. The van der Waals surface area contributed by atoms with Crippen molar-refractivity contribution >= 4 is 23.2 Å². The van der Waals surface area contributed by atoms with E-state index in [4.69, 9.17) is 25.8 Å². The molecule has 31 heavy (non-hydrogen) atoms. The third-order valence-corrected chi connectivity index (χ3v) is 7.68. The van der Waals surface area contributed by atoms with Crippen molar-refractivity contribution in [3.05, 3.63) is 40.6 Å². The van der Waals surface area contributed by atoms with Gasteiger partial charge >= 0.3 is 0 Å². The van der Waals surface area contributed by atoms with E-state index in [9.17, 15) is 9.59 Å². The summed E-state index contributed by atoms with van der Waals surface area (Å²) >= 11 is 6.43. The Morgan fingerprint density at radius 2 is 1.97 bits per heavy atom. The van der Waals surface area contributed by atoms with Gasteiger partial charge in [-0.25, -0.2) is 0 Å². The summed E-state index contributed by atoms with van der Waals surface area (Å²) in [7, 11) is 2.93.